The molecule has 3 aromatic rings. The molecule has 230 valence electrons. The molecule has 0 spiro atoms. The van der Waals surface area contributed by atoms with E-state index in [0.29, 0.717) is 55.5 Å². The van der Waals surface area contributed by atoms with Crippen molar-refractivity contribution >= 4 is 41.3 Å². The Morgan fingerprint density at radius 2 is 1.45 bits per heavy atom. The Balaban J connectivity index is 0.00000384. The molecular formula is C35H39ClN4O4. The molecule has 2 heterocycles. The van der Waals surface area contributed by atoms with Crippen molar-refractivity contribution in [1.29, 1.82) is 0 Å². The quantitative estimate of drug-likeness (QED) is 0.282. The predicted molar refractivity (Wildman–Crippen MR) is 176 cm³/mol. The molecule has 1 saturated heterocycles. The number of anilines is 2. The molecule has 0 unspecified atom stereocenters. The molecule has 0 radical (unpaired) electrons. The second-order valence-corrected chi connectivity index (χ2v) is 11.0. The van der Waals surface area contributed by atoms with Gasteiger partial charge in [-0.15, -0.1) is 12.4 Å². The van der Waals surface area contributed by atoms with Gasteiger partial charge in [-0.05, 0) is 81.3 Å². The van der Waals surface area contributed by atoms with Gasteiger partial charge in [0.25, 0.3) is 11.8 Å². The maximum absolute atomic E-state index is 13.7. The van der Waals surface area contributed by atoms with Crippen LogP contribution >= 0.6 is 12.4 Å². The first-order valence-electron chi connectivity index (χ1n) is 15.2. The molecule has 44 heavy (non-hydrogen) atoms. The van der Waals surface area contributed by atoms with E-state index in [-0.39, 0.29) is 36.1 Å². The van der Waals surface area contributed by atoms with E-state index in [4.69, 9.17) is 14.6 Å². The van der Waals surface area contributed by atoms with Gasteiger partial charge >= 0.3 is 0 Å². The molecule has 3 aromatic carbocycles. The van der Waals surface area contributed by atoms with Crippen LogP contribution in [0.25, 0.3) is 0 Å². The molecule has 2 aliphatic heterocycles. The highest BCUT2D eigenvalue weighted by atomic mass is 35.5. The van der Waals surface area contributed by atoms with E-state index in [1.54, 1.807) is 12.1 Å². The number of hydrogen-bond donors (Lipinski definition) is 0. The molecule has 9 heteroatoms. The number of benzene rings is 3. The van der Waals surface area contributed by atoms with Gasteiger partial charge in [-0.3, -0.25) is 9.59 Å². The normalized spacial score (nSPS) is 19.5. The molecule has 0 aromatic heterocycles. The minimum atomic E-state index is -0.207. The van der Waals surface area contributed by atoms with Gasteiger partial charge < -0.3 is 19.3 Å². The van der Waals surface area contributed by atoms with Crippen molar-refractivity contribution in [2.24, 2.45) is 16.9 Å². The predicted octanol–water partition coefficient (Wildman–Crippen LogP) is 6.20. The van der Waals surface area contributed by atoms with Crippen LogP contribution in [0.15, 0.2) is 90.0 Å². The minimum absolute atomic E-state index is 0. The fourth-order valence-electron chi connectivity index (χ4n) is 6.18. The van der Waals surface area contributed by atoms with Crippen LogP contribution in [0.4, 0.5) is 11.4 Å². The van der Waals surface area contributed by atoms with Crippen LogP contribution in [0.1, 0.15) is 42.6 Å². The summed E-state index contributed by atoms with van der Waals surface area (Å²) in [5.41, 5.74) is 4.21. The SMILES string of the molecule is CCOc1ccc(C2=NN(c3ccc(C(=O)N4CCN(c5ccccc5)CC4)cc3)C(=O)[C@@H]3CC=CC[C@H]23)cc1OCC.Cl. The summed E-state index contributed by atoms with van der Waals surface area (Å²) in [6.07, 6.45) is 5.64. The largest absolute Gasteiger partial charge is 0.490 e. The number of carbonyl (C=O) groups is 2. The topological polar surface area (TPSA) is 74.7 Å². The van der Waals surface area contributed by atoms with Gasteiger partial charge in [-0.2, -0.15) is 5.10 Å². The molecule has 0 bridgehead atoms. The maximum atomic E-state index is 13.7. The summed E-state index contributed by atoms with van der Waals surface area (Å²) >= 11 is 0. The highest BCUT2D eigenvalue weighted by Crippen LogP contribution is 2.38. The van der Waals surface area contributed by atoms with Crippen LogP contribution in [-0.2, 0) is 4.79 Å². The minimum Gasteiger partial charge on any atom is -0.490 e. The number of allylic oxidation sites excluding steroid dienone is 2. The Morgan fingerprint density at radius 3 is 2.14 bits per heavy atom. The maximum Gasteiger partial charge on any atom is 0.253 e. The molecule has 6 rings (SSSR count). The van der Waals surface area contributed by atoms with E-state index in [1.807, 2.05) is 67.3 Å². The molecule has 3 aliphatic rings. The molecule has 0 N–H and O–H groups in total. The second-order valence-electron chi connectivity index (χ2n) is 11.0. The van der Waals surface area contributed by atoms with E-state index in [2.05, 4.69) is 29.2 Å². The number of ether oxygens (including phenoxy) is 2. The Morgan fingerprint density at radius 1 is 0.795 bits per heavy atom. The highest BCUT2D eigenvalue weighted by Gasteiger charge is 2.41. The summed E-state index contributed by atoms with van der Waals surface area (Å²) in [5, 5.41) is 6.45. The number of para-hydroxylation sites is 1. The molecule has 2 amide bonds. The van der Waals surface area contributed by atoms with E-state index in [0.717, 1.165) is 30.8 Å². The highest BCUT2D eigenvalue weighted by molar-refractivity contribution is 6.11. The van der Waals surface area contributed by atoms with Crippen molar-refractivity contribution in [3.8, 4) is 11.5 Å². The molecule has 2 atom stereocenters. The van der Waals surface area contributed by atoms with E-state index < -0.39 is 0 Å². The van der Waals surface area contributed by atoms with Crippen molar-refractivity contribution in [1.82, 2.24) is 4.90 Å². The Bertz CT molecular complexity index is 1520. The molecule has 0 saturated carbocycles. The monoisotopic (exact) mass is 614 g/mol. The smallest absolute Gasteiger partial charge is 0.253 e. The van der Waals surface area contributed by atoms with Crippen molar-refractivity contribution < 1.29 is 19.1 Å². The number of piperazine rings is 1. The average Bonchev–Trinajstić information content (AvgIpc) is 3.06. The molecule has 1 fully saturated rings. The number of fused-ring (bicyclic) bond motifs is 1. The van der Waals surface area contributed by atoms with Crippen LogP contribution in [0, 0.1) is 11.8 Å². The number of halogens is 1. The van der Waals surface area contributed by atoms with Crippen LogP contribution < -0.4 is 19.4 Å². The molecular weight excluding hydrogens is 576 g/mol. The van der Waals surface area contributed by atoms with Crippen LogP contribution in [0.2, 0.25) is 0 Å². The van der Waals surface area contributed by atoms with Gasteiger partial charge in [0, 0.05) is 48.9 Å². The lowest BCUT2D eigenvalue weighted by Crippen LogP contribution is -2.48. The Labute approximate surface area is 265 Å². The van der Waals surface area contributed by atoms with Crippen LogP contribution in [0.5, 0.6) is 11.5 Å². The zero-order valence-corrected chi connectivity index (χ0v) is 26.0. The van der Waals surface area contributed by atoms with E-state index >= 15 is 0 Å². The lowest BCUT2D eigenvalue weighted by atomic mass is 9.76. The number of rotatable bonds is 8. The zero-order chi connectivity index (χ0) is 29.8. The third-order valence-electron chi connectivity index (χ3n) is 8.40. The first-order chi connectivity index (χ1) is 21.1. The standard InChI is InChI=1S/C35H38N4O4.ClH/c1-3-42-31-19-16-26(24-32(31)43-4-2)33-29-12-8-9-13-30(29)35(41)39(36-33)28-17-14-25(15-18-28)34(40)38-22-20-37(21-23-38)27-10-6-5-7-11-27;/h5-11,14-19,24,29-30H,3-4,12-13,20-23H2,1-2H3;1H/t29-,30+;/m0./s1. The summed E-state index contributed by atoms with van der Waals surface area (Å²) in [6.45, 7) is 7.86. The van der Waals surface area contributed by atoms with Crippen molar-refractivity contribution in [2.75, 3.05) is 49.3 Å². The summed E-state index contributed by atoms with van der Waals surface area (Å²) in [5.74, 6) is 1.12. The summed E-state index contributed by atoms with van der Waals surface area (Å²) in [7, 11) is 0. The Kier molecular flexibility index (Phi) is 9.90. The number of amides is 2. The lowest BCUT2D eigenvalue weighted by molar-refractivity contribution is -0.123. The van der Waals surface area contributed by atoms with Gasteiger partial charge in [0.15, 0.2) is 11.5 Å². The van der Waals surface area contributed by atoms with Gasteiger partial charge in [-0.1, -0.05) is 30.4 Å². The van der Waals surface area contributed by atoms with Crippen molar-refractivity contribution in [3.05, 3.63) is 96.1 Å². The number of hydrazone groups is 1. The third kappa shape index (κ3) is 6.31. The Hall–Kier alpha value is -4.30. The van der Waals surface area contributed by atoms with E-state index in [9.17, 15) is 9.59 Å². The number of nitrogens with zero attached hydrogens (tertiary/aromatic N) is 4. The summed E-state index contributed by atoms with van der Waals surface area (Å²) < 4.78 is 11.7. The van der Waals surface area contributed by atoms with Crippen LogP contribution in [0.3, 0.4) is 0 Å². The van der Waals surface area contributed by atoms with Crippen molar-refractivity contribution in [3.63, 3.8) is 0 Å². The van der Waals surface area contributed by atoms with Gasteiger partial charge in [0.2, 0.25) is 0 Å². The summed E-state index contributed by atoms with van der Waals surface area (Å²) in [6, 6.07) is 23.4. The molecule has 1 aliphatic carbocycles. The van der Waals surface area contributed by atoms with Gasteiger partial charge in [-0.25, -0.2) is 5.01 Å². The fourth-order valence-corrected chi connectivity index (χ4v) is 6.18. The second kappa shape index (κ2) is 14.0. The lowest BCUT2D eigenvalue weighted by Gasteiger charge is -2.37. The summed E-state index contributed by atoms with van der Waals surface area (Å²) in [4.78, 5) is 31.3. The van der Waals surface area contributed by atoms with Crippen LogP contribution in [-0.4, -0.2) is 61.8 Å². The number of hydrogen-bond acceptors (Lipinski definition) is 6. The average molecular weight is 615 g/mol. The third-order valence-corrected chi connectivity index (χ3v) is 8.40. The van der Waals surface area contributed by atoms with Gasteiger partial charge in [0.05, 0.1) is 30.5 Å². The number of carbonyl (C=O) groups excluding carboxylic acids is 2. The van der Waals surface area contributed by atoms with Gasteiger partial charge in [0.1, 0.15) is 0 Å². The molecule has 8 nitrogen and oxygen atoms in total. The van der Waals surface area contributed by atoms with Crippen molar-refractivity contribution in [2.45, 2.75) is 26.7 Å². The fraction of sp³-hybridized carbons (Fsp3) is 0.343. The first-order valence-corrected chi connectivity index (χ1v) is 15.2. The zero-order valence-electron chi connectivity index (χ0n) is 25.2. The first kappa shape index (κ1) is 31.1. The van der Waals surface area contributed by atoms with E-state index in [1.165, 1.54) is 10.7 Å².